The molecule has 0 N–H and O–H groups in total. The summed E-state index contributed by atoms with van der Waals surface area (Å²) in [5.74, 6) is 1.92. The molecule has 0 spiro atoms. The lowest BCUT2D eigenvalue weighted by molar-refractivity contribution is 0.241. The molecule has 0 atom stereocenters. The van der Waals surface area contributed by atoms with Crippen LogP contribution in [-0.2, 0) is 6.54 Å². The minimum Gasteiger partial charge on any atom is -0.361 e. The molecule has 6 nitrogen and oxygen atoms in total. The molecule has 7 heteroatoms. The molecule has 0 bridgehead atoms. The van der Waals surface area contributed by atoms with Gasteiger partial charge < -0.3 is 9.42 Å². The Morgan fingerprint density at radius 1 is 1.03 bits per heavy atom. The molecule has 3 aromatic heterocycles. The van der Waals surface area contributed by atoms with Crippen LogP contribution in [0.2, 0.25) is 0 Å². The maximum Gasteiger partial charge on any atom is 0.141 e. The van der Waals surface area contributed by atoms with Crippen LogP contribution in [0.15, 0.2) is 47.2 Å². The predicted octanol–water partition coefficient (Wildman–Crippen LogP) is 4.29. The smallest absolute Gasteiger partial charge is 0.141 e. The molecule has 4 heterocycles. The molecule has 4 aromatic rings. The van der Waals surface area contributed by atoms with Crippen molar-refractivity contribution in [2.75, 3.05) is 31.1 Å². The van der Waals surface area contributed by atoms with E-state index in [0.29, 0.717) is 0 Å². The fourth-order valence-electron chi connectivity index (χ4n) is 4.00. The van der Waals surface area contributed by atoms with E-state index in [1.807, 2.05) is 13.0 Å². The highest BCUT2D eigenvalue weighted by atomic mass is 32.1. The van der Waals surface area contributed by atoms with Crippen LogP contribution in [0.5, 0.6) is 0 Å². The second-order valence-corrected chi connectivity index (χ2v) is 8.49. The van der Waals surface area contributed by atoms with Gasteiger partial charge >= 0.3 is 0 Å². The Hall–Kier alpha value is -2.77. The van der Waals surface area contributed by atoms with Gasteiger partial charge in [0, 0.05) is 43.7 Å². The summed E-state index contributed by atoms with van der Waals surface area (Å²) in [5, 5.41) is 5.31. The van der Waals surface area contributed by atoms with Crippen molar-refractivity contribution in [1.29, 1.82) is 0 Å². The van der Waals surface area contributed by atoms with Gasteiger partial charge in [0.05, 0.1) is 11.1 Å². The lowest BCUT2D eigenvalue weighted by Crippen LogP contribution is -2.46. The molecule has 1 saturated heterocycles. The molecule has 0 aliphatic carbocycles. The van der Waals surface area contributed by atoms with Crippen molar-refractivity contribution >= 4 is 27.4 Å². The van der Waals surface area contributed by atoms with Crippen LogP contribution in [-0.4, -0.2) is 46.2 Å². The van der Waals surface area contributed by atoms with Crippen LogP contribution in [0.4, 0.5) is 5.82 Å². The van der Waals surface area contributed by atoms with Gasteiger partial charge in [-0.1, -0.05) is 35.5 Å². The number of aromatic nitrogens is 3. The Morgan fingerprint density at radius 3 is 2.55 bits per heavy atom. The molecule has 1 aromatic carbocycles. The zero-order valence-corrected chi connectivity index (χ0v) is 17.4. The maximum absolute atomic E-state index is 5.19. The number of aryl methyl sites for hydroxylation is 2. The summed E-state index contributed by atoms with van der Waals surface area (Å²) in [6.07, 6.45) is 1.70. The topological polar surface area (TPSA) is 58.3 Å². The highest BCUT2D eigenvalue weighted by Crippen LogP contribution is 2.40. The number of nitrogens with zero attached hydrogens (tertiary/aromatic N) is 5. The molecule has 1 fully saturated rings. The minimum absolute atomic E-state index is 0.833. The molecule has 148 valence electrons. The van der Waals surface area contributed by atoms with Gasteiger partial charge in [0.25, 0.3) is 0 Å². The number of fused-ring (bicyclic) bond motifs is 1. The zero-order valence-electron chi connectivity index (χ0n) is 16.6. The number of piperazine rings is 1. The number of anilines is 1. The van der Waals surface area contributed by atoms with E-state index in [1.54, 1.807) is 17.7 Å². The standard InChI is InChI=1S/C22H23N5OS/c1-15-12-18(25-28-15)13-26-8-10-27(11-9-26)21-19-16(2)20(17-6-4-3-5-7-17)29-22(19)24-14-23-21/h3-7,12,14H,8-11,13H2,1-2H3. The van der Waals surface area contributed by atoms with E-state index < -0.39 is 0 Å². The summed E-state index contributed by atoms with van der Waals surface area (Å²) >= 11 is 1.75. The first-order valence-corrected chi connectivity index (χ1v) is 10.7. The normalized spacial score (nSPS) is 15.3. The third-order valence-corrected chi connectivity index (χ3v) is 6.73. The fourth-order valence-corrected chi connectivity index (χ4v) is 5.15. The molecule has 1 aliphatic heterocycles. The summed E-state index contributed by atoms with van der Waals surface area (Å²) in [5.41, 5.74) is 3.51. The Morgan fingerprint density at radius 2 is 1.83 bits per heavy atom. The van der Waals surface area contributed by atoms with E-state index >= 15 is 0 Å². The van der Waals surface area contributed by atoms with Crippen LogP contribution >= 0.6 is 11.3 Å². The van der Waals surface area contributed by atoms with Crippen LogP contribution in [0.3, 0.4) is 0 Å². The summed E-state index contributed by atoms with van der Waals surface area (Å²) in [4.78, 5) is 16.4. The molecule has 0 unspecified atom stereocenters. The van der Waals surface area contributed by atoms with E-state index in [-0.39, 0.29) is 0 Å². The van der Waals surface area contributed by atoms with Crippen LogP contribution in [0.25, 0.3) is 20.7 Å². The monoisotopic (exact) mass is 405 g/mol. The summed E-state index contributed by atoms with van der Waals surface area (Å²) in [7, 11) is 0. The average Bonchev–Trinajstić information content (AvgIpc) is 3.32. The second-order valence-electron chi connectivity index (χ2n) is 7.49. The van der Waals surface area contributed by atoms with Gasteiger partial charge in [0.2, 0.25) is 0 Å². The number of hydrogen-bond acceptors (Lipinski definition) is 7. The quantitative estimate of drug-likeness (QED) is 0.505. The third kappa shape index (κ3) is 3.52. The van der Waals surface area contributed by atoms with Gasteiger partial charge in [-0.2, -0.15) is 0 Å². The van der Waals surface area contributed by atoms with Gasteiger partial charge in [-0.15, -0.1) is 11.3 Å². The zero-order chi connectivity index (χ0) is 19.8. The van der Waals surface area contributed by atoms with Crippen molar-refractivity contribution in [2.45, 2.75) is 20.4 Å². The third-order valence-electron chi connectivity index (χ3n) is 5.48. The van der Waals surface area contributed by atoms with Crippen LogP contribution in [0.1, 0.15) is 17.0 Å². The van der Waals surface area contributed by atoms with Crippen molar-refractivity contribution in [3.05, 3.63) is 59.7 Å². The van der Waals surface area contributed by atoms with Crippen molar-refractivity contribution in [1.82, 2.24) is 20.0 Å². The van der Waals surface area contributed by atoms with Gasteiger partial charge in [0.1, 0.15) is 22.7 Å². The van der Waals surface area contributed by atoms with E-state index in [9.17, 15) is 0 Å². The van der Waals surface area contributed by atoms with Gasteiger partial charge in [-0.05, 0) is 25.0 Å². The number of rotatable bonds is 4. The summed E-state index contributed by atoms with van der Waals surface area (Å²) in [6, 6.07) is 12.6. The van der Waals surface area contributed by atoms with Crippen molar-refractivity contribution in [2.24, 2.45) is 0 Å². The first-order chi connectivity index (χ1) is 14.2. The number of benzene rings is 1. The van der Waals surface area contributed by atoms with Crippen LogP contribution in [0, 0.1) is 13.8 Å². The average molecular weight is 406 g/mol. The fraction of sp³-hybridized carbons (Fsp3) is 0.318. The minimum atomic E-state index is 0.833. The van der Waals surface area contributed by atoms with Crippen LogP contribution < -0.4 is 4.90 Å². The maximum atomic E-state index is 5.19. The molecule has 5 rings (SSSR count). The van der Waals surface area contributed by atoms with E-state index in [0.717, 1.165) is 54.8 Å². The molecular formula is C22H23N5OS. The molecule has 1 aliphatic rings. The van der Waals surface area contributed by atoms with E-state index in [4.69, 9.17) is 4.52 Å². The molecule has 29 heavy (non-hydrogen) atoms. The number of hydrogen-bond donors (Lipinski definition) is 0. The highest BCUT2D eigenvalue weighted by molar-refractivity contribution is 7.22. The lowest BCUT2D eigenvalue weighted by atomic mass is 10.1. The highest BCUT2D eigenvalue weighted by Gasteiger charge is 2.23. The second kappa shape index (κ2) is 7.57. The van der Waals surface area contributed by atoms with Crippen molar-refractivity contribution in [3.8, 4) is 10.4 Å². The molecule has 0 amide bonds. The Kier molecular flexibility index (Phi) is 4.77. The Labute approximate surface area is 173 Å². The SMILES string of the molecule is Cc1cc(CN2CCN(c3ncnc4sc(-c5ccccc5)c(C)c34)CC2)no1. The van der Waals surface area contributed by atoms with E-state index in [1.165, 1.54) is 21.4 Å². The molecule has 0 saturated carbocycles. The van der Waals surface area contributed by atoms with Gasteiger partial charge in [0.15, 0.2) is 0 Å². The Bertz CT molecular complexity index is 1130. The first-order valence-electron chi connectivity index (χ1n) is 9.88. The predicted molar refractivity (Wildman–Crippen MR) is 116 cm³/mol. The van der Waals surface area contributed by atoms with Crippen molar-refractivity contribution < 1.29 is 4.52 Å². The molecule has 0 radical (unpaired) electrons. The van der Waals surface area contributed by atoms with Gasteiger partial charge in [-0.25, -0.2) is 9.97 Å². The Balaban J connectivity index is 1.39. The van der Waals surface area contributed by atoms with Crippen molar-refractivity contribution in [3.63, 3.8) is 0 Å². The number of thiophene rings is 1. The van der Waals surface area contributed by atoms with Gasteiger partial charge in [-0.3, -0.25) is 4.90 Å². The summed E-state index contributed by atoms with van der Waals surface area (Å²) in [6.45, 7) is 8.80. The van der Waals surface area contributed by atoms with E-state index in [2.05, 4.69) is 62.2 Å². The first kappa shape index (κ1) is 18.3. The largest absolute Gasteiger partial charge is 0.361 e. The summed E-state index contributed by atoms with van der Waals surface area (Å²) < 4.78 is 5.19. The molecular weight excluding hydrogens is 382 g/mol. The lowest BCUT2D eigenvalue weighted by Gasteiger charge is -2.35.